The minimum absolute atomic E-state index is 0.0655. The molecule has 8 nitrogen and oxygen atoms in total. The molecule has 0 saturated heterocycles. The predicted molar refractivity (Wildman–Crippen MR) is 120 cm³/mol. The molecule has 0 unspecified atom stereocenters. The molecule has 2 aromatic carbocycles. The van der Waals surface area contributed by atoms with Gasteiger partial charge in [0.25, 0.3) is 0 Å². The van der Waals surface area contributed by atoms with Crippen molar-refractivity contribution in [1.29, 1.82) is 0 Å². The van der Waals surface area contributed by atoms with Crippen LogP contribution in [0.5, 0.6) is 11.5 Å². The average molecular weight is 443 g/mol. The Balaban J connectivity index is 1.89. The van der Waals surface area contributed by atoms with Crippen molar-refractivity contribution in [2.24, 2.45) is 0 Å². The molecule has 0 saturated carbocycles. The van der Waals surface area contributed by atoms with Gasteiger partial charge in [0.05, 0.1) is 31.2 Å². The Kier molecular flexibility index (Phi) is 8.31. The van der Waals surface area contributed by atoms with Crippen LogP contribution in [0, 0.1) is 0 Å². The lowest BCUT2D eigenvalue weighted by Gasteiger charge is -2.13. The molecule has 3 rings (SSSR count). The fourth-order valence-corrected chi connectivity index (χ4v) is 3.74. The summed E-state index contributed by atoms with van der Waals surface area (Å²) in [5.41, 5.74) is 1.67. The molecule has 164 valence electrons. The maximum Gasteiger partial charge on any atom is 0.230 e. The first-order chi connectivity index (χ1) is 15.2. The van der Waals surface area contributed by atoms with E-state index >= 15 is 0 Å². The number of hydrogen-bond acceptors (Lipinski definition) is 7. The summed E-state index contributed by atoms with van der Waals surface area (Å²) in [6.45, 7) is 1.19. The average Bonchev–Trinajstić information content (AvgIpc) is 3.24. The van der Waals surface area contributed by atoms with E-state index in [4.69, 9.17) is 14.2 Å². The molecule has 1 heterocycles. The van der Waals surface area contributed by atoms with E-state index in [2.05, 4.69) is 15.5 Å². The Labute approximate surface area is 185 Å². The molecule has 31 heavy (non-hydrogen) atoms. The number of nitrogens with zero attached hydrogens (tertiary/aromatic N) is 3. The van der Waals surface area contributed by atoms with Crippen LogP contribution in [0.25, 0.3) is 17.1 Å². The van der Waals surface area contributed by atoms with Gasteiger partial charge in [0.2, 0.25) is 5.91 Å². The second kappa shape index (κ2) is 11.4. The molecule has 0 aliphatic carbocycles. The van der Waals surface area contributed by atoms with E-state index in [0.29, 0.717) is 29.9 Å². The highest BCUT2D eigenvalue weighted by Crippen LogP contribution is 2.33. The van der Waals surface area contributed by atoms with Crippen molar-refractivity contribution >= 4 is 17.7 Å². The molecule has 1 aromatic heterocycles. The highest BCUT2D eigenvalue weighted by atomic mass is 32.2. The van der Waals surface area contributed by atoms with Gasteiger partial charge < -0.3 is 19.5 Å². The molecule has 0 spiro atoms. The van der Waals surface area contributed by atoms with Crippen LogP contribution in [0.2, 0.25) is 0 Å². The van der Waals surface area contributed by atoms with Crippen LogP contribution >= 0.6 is 11.8 Å². The Morgan fingerprint density at radius 1 is 1.03 bits per heavy atom. The zero-order chi connectivity index (χ0) is 22.1. The lowest BCUT2D eigenvalue weighted by molar-refractivity contribution is -0.118. The summed E-state index contributed by atoms with van der Waals surface area (Å²) in [7, 11) is 4.89. The van der Waals surface area contributed by atoms with Crippen molar-refractivity contribution in [3.05, 3.63) is 48.5 Å². The van der Waals surface area contributed by atoms with Crippen LogP contribution in [0.15, 0.2) is 53.7 Å². The van der Waals surface area contributed by atoms with Gasteiger partial charge >= 0.3 is 0 Å². The normalized spacial score (nSPS) is 10.7. The van der Waals surface area contributed by atoms with Crippen LogP contribution in [0.1, 0.15) is 6.42 Å². The maximum absolute atomic E-state index is 12.2. The Hall–Kier alpha value is -3.04. The number of para-hydroxylation sites is 1. The van der Waals surface area contributed by atoms with Gasteiger partial charge in [-0.1, -0.05) is 23.9 Å². The van der Waals surface area contributed by atoms with Crippen molar-refractivity contribution in [1.82, 2.24) is 20.1 Å². The summed E-state index contributed by atoms with van der Waals surface area (Å²) in [5.74, 6) is 2.24. The summed E-state index contributed by atoms with van der Waals surface area (Å²) in [4.78, 5) is 12.2. The number of hydrogen-bond donors (Lipinski definition) is 1. The molecule has 0 aliphatic heterocycles. The summed E-state index contributed by atoms with van der Waals surface area (Å²) in [6, 6.07) is 15.2. The topological polar surface area (TPSA) is 87.5 Å². The zero-order valence-corrected chi connectivity index (χ0v) is 18.6. The fraction of sp³-hybridized carbons (Fsp3) is 0.318. The molecule has 0 atom stereocenters. The Morgan fingerprint density at radius 3 is 2.52 bits per heavy atom. The van der Waals surface area contributed by atoms with Gasteiger partial charge in [0.15, 0.2) is 11.0 Å². The van der Waals surface area contributed by atoms with E-state index in [1.54, 1.807) is 21.3 Å². The van der Waals surface area contributed by atoms with Gasteiger partial charge in [0, 0.05) is 20.3 Å². The number of thioether (sulfide) groups is 1. The SMILES string of the molecule is COCCCNC(=O)CSc1nnc(-c2ccccc2OC)n1-c1ccc(OC)cc1. The largest absolute Gasteiger partial charge is 0.497 e. The lowest BCUT2D eigenvalue weighted by atomic mass is 10.2. The summed E-state index contributed by atoms with van der Waals surface area (Å²) in [5, 5.41) is 12.3. The van der Waals surface area contributed by atoms with E-state index in [0.717, 1.165) is 23.4 Å². The fourth-order valence-electron chi connectivity index (χ4n) is 2.96. The Morgan fingerprint density at radius 2 is 1.81 bits per heavy atom. The van der Waals surface area contributed by atoms with Crippen LogP contribution in [-0.2, 0) is 9.53 Å². The number of carbonyl (C=O) groups is 1. The quantitative estimate of drug-likeness (QED) is 0.360. The molecule has 1 N–H and O–H groups in total. The number of rotatable bonds is 11. The minimum atomic E-state index is -0.0655. The van der Waals surface area contributed by atoms with Crippen molar-refractivity contribution < 1.29 is 19.0 Å². The third-order valence-corrected chi connectivity index (χ3v) is 5.42. The van der Waals surface area contributed by atoms with E-state index in [1.165, 1.54) is 11.8 Å². The van der Waals surface area contributed by atoms with Gasteiger partial charge in [-0.15, -0.1) is 10.2 Å². The van der Waals surface area contributed by atoms with Gasteiger partial charge in [-0.2, -0.15) is 0 Å². The molecular formula is C22H26N4O4S. The lowest BCUT2D eigenvalue weighted by Crippen LogP contribution is -2.26. The standard InChI is InChI=1S/C22H26N4O4S/c1-28-14-6-13-23-20(27)15-31-22-25-24-21(18-7-4-5-8-19(18)30-3)26(22)16-9-11-17(29-2)12-10-16/h4-5,7-12H,6,13-15H2,1-3H3,(H,23,27). The number of benzene rings is 2. The molecule has 0 bridgehead atoms. The first-order valence-corrected chi connectivity index (χ1v) is 10.8. The van der Waals surface area contributed by atoms with E-state index < -0.39 is 0 Å². The summed E-state index contributed by atoms with van der Waals surface area (Å²) >= 11 is 1.33. The molecule has 0 aliphatic rings. The highest BCUT2D eigenvalue weighted by Gasteiger charge is 2.19. The van der Waals surface area contributed by atoms with Crippen LogP contribution in [0.4, 0.5) is 0 Å². The van der Waals surface area contributed by atoms with Gasteiger partial charge in [0.1, 0.15) is 11.5 Å². The Bertz CT molecular complexity index is 991. The van der Waals surface area contributed by atoms with Gasteiger partial charge in [-0.05, 0) is 42.8 Å². The predicted octanol–water partition coefficient (Wildman–Crippen LogP) is 3.20. The molecule has 0 radical (unpaired) electrons. The number of amides is 1. The third kappa shape index (κ3) is 5.77. The van der Waals surface area contributed by atoms with E-state index in [1.807, 2.05) is 53.1 Å². The molecule has 0 fully saturated rings. The molecule has 1 amide bonds. The van der Waals surface area contributed by atoms with Crippen molar-refractivity contribution in [3.63, 3.8) is 0 Å². The number of carbonyl (C=O) groups excluding carboxylic acids is 1. The second-order valence-corrected chi connectivity index (χ2v) is 7.47. The minimum Gasteiger partial charge on any atom is -0.497 e. The third-order valence-electron chi connectivity index (χ3n) is 4.49. The summed E-state index contributed by atoms with van der Waals surface area (Å²) in [6.07, 6.45) is 0.771. The van der Waals surface area contributed by atoms with Crippen LogP contribution in [0.3, 0.4) is 0 Å². The highest BCUT2D eigenvalue weighted by molar-refractivity contribution is 7.99. The number of aromatic nitrogens is 3. The first-order valence-electron chi connectivity index (χ1n) is 9.79. The van der Waals surface area contributed by atoms with Crippen molar-refractivity contribution in [2.75, 3.05) is 40.2 Å². The molecule has 9 heteroatoms. The van der Waals surface area contributed by atoms with Crippen molar-refractivity contribution in [3.8, 4) is 28.6 Å². The first kappa shape index (κ1) is 22.6. The summed E-state index contributed by atoms with van der Waals surface area (Å²) < 4.78 is 17.7. The number of methoxy groups -OCH3 is 3. The van der Waals surface area contributed by atoms with Crippen LogP contribution in [-0.4, -0.2) is 60.9 Å². The van der Waals surface area contributed by atoms with Gasteiger partial charge in [-0.3, -0.25) is 9.36 Å². The van der Waals surface area contributed by atoms with E-state index in [-0.39, 0.29) is 11.7 Å². The second-order valence-electron chi connectivity index (χ2n) is 6.52. The molecule has 3 aromatic rings. The maximum atomic E-state index is 12.2. The molecular weight excluding hydrogens is 416 g/mol. The van der Waals surface area contributed by atoms with Gasteiger partial charge in [-0.25, -0.2) is 0 Å². The van der Waals surface area contributed by atoms with Crippen molar-refractivity contribution in [2.45, 2.75) is 11.6 Å². The van der Waals surface area contributed by atoms with E-state index in [9.17, 15) is 4.79 Å². The smallest absolute Gasteiger partial charge is 0.230 e. The van der Waals surface area contributed by atoms with Crippen LogP contribution < -0.4 is 14.8 Å². The monoisotopic (exact) mass is 442 g/mol. The number of ether oxygens (including phenoxy) is 3. The zero-order valence-electron chi connectivity index (χ0n) is 17.8. The number of nitrogens with one attached hydrogen (secondary N) is 1.